The van der Waals surface area contributed by atoms with Crippen LogP contribution in [0, 0.1) is 5.92 Å². The zero-order valence-electron chi connectivity index (χ0n) is 11.3. The molecule has 0 spiro atoms. The fraction of sp³-hybridized carbons (Fsp3) is 0.600. The summed E-state index contributed by atoms with van der Waals surface area (Å²) in [7, 11) is 2.09. The zero-order valence-corrected chi connectivity index (χ0v) is 12.1. The topological polar surface area (TPSA) is 12.0 Å². The molecule has 0 amide bonds. The van der Waals surface area contributed by atoms with Gasteiger partial charge in [-0.15, -0.1) is 0 Å². The maximum Gasteiger partial charge on any atom is 0.0443 e. The van der Waals surface area contributed by atoms with Gasteiger partial charge in [0.1, 0.15) is 0 Å². The summed E-state index contributed by atoms with van der Waals surface area (Å²) < 4.78 is 0. The van der Waals surface area contributed by atoms with Gasteiger partial charge >= 0.3 is 0 Å². The summed E-state index contributed by atoms with van der Waals surface area (Å²) in [4.78, 5) is 0. The van der Waals surface area contributed by atoms with Crippen molar-refractivity contribution in [1.29, 1.82) is 0 Å². The molecule has 1 aliphatic rings. The Morgan fingerprint density at radius 2 is 2.18 bits per heavy atom. The molecule has 0 fully saturated rings. The van der Waals surface area contributed by atoms with Gasteiger partial charge in [-0.2, -0.15) is 11.8 Å². The van der Waals surface area contributed by atoms with Crippen molar-refractivity contribution in [1.82, 2.24) is 5.32 Å². The molecule has 1 heterocycles. The van der Waals surface area contributed by atoms with E-state index in [0.717, 1.165) is 12.3 Å². The second-order valence-corrected chi connectivity index (χ2v) is 6.34. The summed E-state index contributed by atoms with van der Waals surface area (Å²) in [6.45, 7) is 6.89. The minimum absolute atomic E-state index is 0.509. The van der Waals surface area contributed by atoms with Gasteiger partial charge in [-0.1, -0.05) is 39.0 Å². The molecule has 2 heteroatoms. The van der Waals surface area contributed by atoms with E-state index < -0.39 is 0 Å². The Kier molecular flexibility index (Phi) is 4.16. The molecule has 0 saturated carbocycles. The Labute approximate surface area is 109 Å². The van der Waals surface area contributed by atoms with E-state index in [-0.39, 0.29) is 0 Å². The lowest BCUT2D eigenvalue weighted by Gasteiger charge is -2.35. The molecule has 0 saturated heterocycles. The van der Waals surface area contributed by atoms with Crippen LogP contribution in [0.5, 0.6) is 0 Å². The molecule has 1 aromatic carbocycles. The van der Waals surface area contributed by atoms with Gasteiger partial charge in [0.05, 0.1) is 0 Å². The van der Waals surface area contributed by atoms with Crippen LogP contribution >= 0.6 is 11.8 Å². The van der Waals surface area contributed by atoms with E-state index in [9.17, 15) is 0 Å². The van der Waals surface area contributed by atoms with Crippen LogP contribution in [-0.2, 0) is 12.2 Å². The molecule has 17 heavy (non-hydrogen) atoms. The molecule has 1 aromatic rings. The number of aryl methyl sites for hydroxylation is 1. The summed E-state index contributed by atoms with van der Waals surface area (Å²) in [5.41, 5.74) is 4.51. The summed E-state index contributed by atoms with van der Waals surface area (Å²) >= 11 is 2.10. The monoisotopic (exact) mass is 249 g/mol. The van der Waals surface area contributed by atoms with Gasteiger partial charge in [0.25, 0.3) is 0 Å². The average molecular weight is 249 g/mol. The van der Waals surface area contributed by atoms with Gasteiger partial charge in [0.15, 0.2) is 0 Å². The van der Waals surface area contributed by atoms with Crippen molar-refractivity contribution in [3.05, 3.63) is 34.9 Å². The van der Waals surface area contributed by atoms with Crippen molar-refractivity contribution in [2.24, 2.45) is 5.92 Å². The van der Waals surface area contributed by atoms with Crippen LogP contribution in [0.15, 0.2) is 18.2 Å². The van der Waals surface area contributed by atoms with E-state index >= 15 is 0 Å². The molecule has 2 atom stereocenters. The Balaban J connectivity index is 2.38. The highest BCUT2D eigenvalue weighted by atomic mass is 32.2. The summed E-state index contributed by atoms with van der Waals surface area (Å²) in [5, 5.41) is 4.22. The minimum Gasteiger partial charge on any atom is -0.312 e. The molecule has 0 aromatic heterocycles. The maximum atomic E-state index is 3.52. The van der Waals surface area contributed by atoms with Crippen molar-refractivity contribution < 1.29 is 0 Å². The molecular formula is C15H23NS. The predicted octanol–water partition coefficient (Wildman–Crippen LogP) is 3.78. The number of hydrogen-bond donors (Lipinski definition) is 1. The van der Waals surface area contributed by atoms with Crippen molar-refractivity contribution in [2.45, 2.75) is 44.2 Å². The second-order valence-electron chi connectivity index (χ2n) is 5.17. The summed E-state index contributed by atoms with van der Waals surface area (Å²) in [6, 6.07) is 7.52. The van der Waals surface area contributed by atoms with Gasteiger partial charge in [-0.25, -0.2) is 0 Å². The first kappa shape index (κ1) is 13.0. The number of hydrogen-bond acceptors (Lipinski definition) is 2. The molecule has 0 radical (unpaired) electrons. The van der Waals surface area contributed by atoms with Crippen molar-refractivity contribution in [3.63, 3.8) is 0 Å². The third kappa shape index (κ3) is 2.53. The second kappa shape index (κ2) is 5.45. The molecule has 1 nitrogen and oxygen atoms in total. The smallest absolute Gasteiger partial charge is 0.0443 e. The average Bonchev–Trinajstić information content (AvgIpc) is 2.36. The first-order valence-corrected chi connectivity index (χ1v) is 7.62. The Hall–Kier alpha value is -0.470. The maximum absolute atomic E-state index is 3.52. The van der Waals surface area contributed by atoms with Gasteiger partial charge < -0.3 is 5.32 Å². The summed E-state index contributed by atoms with van der Waals surface area (Å²) in [5.74, 6) is 1.89. The van der Waals surface area contributed by atoms with Crippen molar-refractivity contribution in [3.8, 4) is 0 Å². The largest absolute Gasteiger partial charge is 0.312 e. The quantitative estimate of drug-likeness (QED) is 0.875. The highest BCUT2D eigenvalue weighted by molar-refractivity contribution is 7.99. The fourth-order valence-corrected chi connectivity index (χ4v) is 4.14. The van der Waals surface area contributed by atoms with Crippen molar-refractivity contribution in [2.75, 3.05) is 7.05 Å². The van der Waals surface area contributed by atoms with Crippen molar-refractivity contribution >= 4 is 11.8 Å². The highest BCUT2D eigenvalue weighted by Gasteiger charge is 2.30. The van der Waals surface area contributed by atoms with E-state index in [0.29, 0.717) is 11.3 Å². The minimum atomic E-state index is 0.509. The van der Waals surface area contributed by atoms with E-state index in [1.165, 1.54) is 22.4 Å². The molecule has 0 aliphatic carbocycles. The number of nitrogens with one attached hydrogen (secondary N) is 1. The van der Waals surface area contributed by atoms with Crippen LogP contribution < -0.4 is 5.32 Å². The van der Waals surface area contributed by atoms with Gasteiger partial charge in [-0.3, -0.25) is 0 Å². The Morgan fingerprint density at radius 1 is 1.41 bits per heavy atom. The first-order valence-electron chi connectivity index (χ1n) is 6.58. The van der Waals surface area contributed by atoms with E-state index in [1.54, 1.807) is 0 Å². The highest BCUT2D eigenvalue weighted by Crippen LogP contribution is 2.41. The Morgan fingerprint density at radius 3 is 2.76 bits per heavy atom. The number of rotatable bonds is 3. The number of fused-ring (bicyclic) bond motifs is 1. The van der Waals surface area contributed by atoms with Crippen LogP contribution in [-0.4, -0.2) is 12.3 Å². The summed E-state index contributed by atoms with van der Waals surface area (Å²) in [6.07, 6.45) is 1.13. The van der Waals surface area contributed by atoms with Crippen LogP contribution in [0.4, 0.5) is 0 Å². The molecular weight excluding hydrogens is 226 g/mol. The zero-order chi connectivity index (χ0) is 12.4. The van der Waals surface area contributed by atoms with E-state index in [1.807, 2.05) is 0 Å². The van der Waals surface area contributed by atoms with Crippen LogP contribution in [0.2, 0.25) is 0 Å². The molecule has 0 bridgehead atoms. The molecule has 1 aliphatic heterocycles. The number of thioether (sulfide) groups is 1. The molecule has 2 rings (SSSR count). The standard InChI is InChI=1S/C15H23NS/c1-5-11-6-7-12-9-17-15(10(2)3)14(16-4)13(12)8-11/h6-8,10,14-16H,5,9H2,1-4H3. The predicted molar refractivity (Wildman–Crippen MR) is 77.5 cm³/mol. The van der Waals surface area contributed by atoms with Crippen LogP contribution in [0.3, 0.4) is 0 Å². The van der Waals surface area contributed by atoms with Gasteiger partial charge in [0.2, 0.25) is 0 Å². The van der Waals surface area contributed by atoms with E-state index in [2.05, 4.69) is 63.1 Å². The van der Waals surface area contributed by atoms with Gasteiger partial charge in [0, 0.05) is 17.0 Å². The molecule has 94 valence electrons. The Bertz CT molecular complexity index is 387. The molecule has 1 N–H and O–H groups in total. The third-order valence-corrected chi connectivity index (χ3v) is 5.36. The lowest BCUT2D eigenvalue weighted by Crippen LogP contribution is -2.34. The third-order valence-electron chi connectivity index (χ3n) is 3.68. The van der Waals surface area contributed by atoms with E-state index in [4.69, 9.17) is 0 Å². The normalized spacial score (nSPS) is 23.8. The molecule has 2 unspecified atom stereocenters. The number of benzene rings is 1. The first-order chi connectivity index (χ1) is 8.17. The van der Waals surface area contributed by atoms with Gasteiger partial charge in [-0.05, 0) is 36.1 Å². The van der Waals surface area contributed by atoms with Crippen LogP contribution in [0.1, 0.15) is 43.5 Å². The lowest BCUT2D eigenvalue weighted by atomic mass is 9.91. The fourth-order valence-electron chi connectivity index (χ4n) is 2.64. The lowest BCUT2D eigenvalue weighted by molar-refractivity contribution is 0.466. The SMILES string of the molecule is CCc1ccc2c(c1)C(NC)C(C(C)C)SC2. The van der Waals surface area contributed by atoms with Crippen LogP contribution in [0.25, 0.3) is 0 Å².